The Balaban J connectivity index is 1.78. The number of aliphatic carboxylic acids is 1. The normalized spacial score (nSPS) is 14.7. The number of aromatic nitrogens is 1. The Morgan fingerprint density at radius 1 is 1.06 bits per heavy atom. The zero-order valence-electron chi connectivity index (χ0n) is 27.0. The summed E-state index contributed by atoms with van der Waals surface area (Å²) in [5.41, 5.74) is -1.53. The second-order valence-corrected chi connectivity index (χ2v) is 12.7. The smallest absolute Gasteiger partial charge is 0.416 e. The second kappa shape index (κ2) is 14.7. The van der Waals surface area contributed by atoms with Gasteiger partial charge in [0.25, 0.3) is 5.56 Å². The molecule has 0 saturated carbocycles. The van der Waals surface area contributed by atoms with E-state index in [0.29, 0.717) is 29.3 Å². The Labute approximate surface area is 274 Å². The molecule has 2 heterocycles. The highest BCUT2D eigenvalue weighted by molar-refractivity contribution is 5.82. The van der Waals surface area contributed by atoms with Gasteiger partial charge in [-0.1, -0.05) is 13.8 Å². The number of halogens is 5. The molecule has 1 aromatic heterocycles. The third kappa shape index (κ3) is 8.28. The fourth-order valence-electron chi connectivity index (χ4n) is 5.93. The van der Waals surface area contributed by atoms with Crippen molar-refractivity contribution in [2.45, 2.75) is 71.6 Å². The molecule has 1 aliphatic heterocycles. The number of aryl methyl sites for hydroxylation is 2. The number of hydrogen-bond acceptors (Lipinski definition) is 5. The Morgan fingerprint density at radius 2 is 1.75 bits per heavy atom. The number of hydrogen-bond donors (Lipinski definition) is 2. The lowest BCUT2D eigenvalue weighted by atomic mass is 9.91. The van der Waals surface area contributed by atoms with E-state index in [2.05, 4.69) is 5.32 Å². The molecule has 2 aromatic carbocycles. The lowest BCUT2D eigenvalue weighted by molar-refractivity contribution is -0.139. The molecule has 2 N–H and O–H groups in total. The van der Waals surface area contributed by atoms with E-state index in [1.165, 1.54) is 25.1 Å². The van der Waals surface area contributed by atoms with Gasteiger partial charge >= 0.3 is 12.1 Å². The van der Waals surface area contributed by atoms with Crippen LogP contribution in [0.2, 0.25) is 0 Å². The lowest BCUT2D eigenvalue weighted by Gasteiger charge is -2.31. The Bertz CT molecular complexity index is 1810. The van der Waals surface area contributed by atoms with Crippen LogP contribution in [0.25, 0.3) is 11.1 Å². The highest BCUT2D eigenvalue weighted by Crippen LogP contribution is 2.34. The first-order chi connectivity index (χ1) is 22.5. The molecule has 1 aliphatic rings. The van der Waals surface area contributed by atoms with Crippen LogP contribution >= 0.6 is 0 Å². The van der Waals surface area contributed by atoms with Crippen molar-refractivity contribution >= 4 is 11.9 Å². The molecule has 1 amide bonds. The number of alkyl halides is 3. The molecule has 0 spiro atoms. The van der Waals surface area contributed by atoms with Gasteiger partial charge in [0.1, 0.15) is 23.7 Å². The molecule has 3 aromatic rings. The molecule has 1 fully saturated rings. The first kappa shape index (κ1) is 36.3. The number of amides is 1. The summed E-state index contributed by atoms with van der Waals surface area (Å²) < 4.78 is 72.8. The van der Waals surface area contributed by atoms with E-state index in [-0.39, 0.29) is 41.0 Å². The third-order valence-corrected chi connectivity index (χ3v) is 8.55. The Kier molecular flexibility index (Phi) is 11.1. The van der Waals surface area contributed by atoms with Gasteiger partial charge in [0.15, 0.2) is 0 Å². The van der Waals surface area contributed by atoms with Crippen LogP contribution in [0.1, 0.15) is 78.6 Å². The molecule has 13 heteroatoms. The summed E-state index contributed by atoms with van der Waals surface area (Å²) in [5, 5.41) is 21.7. The average Bonchev–Trinajstić information content (AvgIpc) is 2.96. The van der Waals surface area contributed by atoms with Crippen LogP contribution in [-0.2, 0) is 22.2 Å². The Morgan fingerprint density at radius 3 is 2.31 bits per heavy atom. The fourth-order valence-corrected chi connectivity index (χ4v) is 5.93. The standard InChI is InChI=1S/C35H37F5N4O4/c1-19(2)10-30(44-18-22(6-9-43-7-5-8-43)27(15-31(44)45)35(38,39)40)34(48)42-29(16-32(46)47)26-13-23(11-21(4)33(26)37)25-14-24(17-41)28(36)12-20(25)3/h11-15,18-19,29-30H,5-10,16H2,1-4H3,(H,42,48)(H,46,47). The number of nitrogens with zero attached hydrogens (tertiary/aromatic N) is 3. The van der Waals surface area contributed by atoms with Crippen molar-refractivity contribution in [2.75, 3.05) is 19.6 Å². The van der Waals surface area contributed by atoms with Gasteiger partial charge in [0.05, 0.1) is 23.6 Å². The maximum absolute atomic E-state index is 15.7. The summed E-state index contributed by atoms with van der Waals surface area (Å²) >= 11 is 0. The maximum Gasteiger partial charge on any atom is 0.416 e. The molecular formula is C35H37F5N4O4. The zero-order valence-corrected chi connectivity index (χ0v) is 27.0. The van der Waals surface area contributed by atoms with Gasteiger partial charge in [-0.15, -0.1) is 0 Å². The molecule has 0 radical (unpaired) electrons. The highest BCUT2D eigenvalue weighted by Gasteiger charge is 2.36. The van der Waals surface area contributed by atoms with Crippen molar-refractivity contribution in [2.24, 2.45) is 5.92 Å². The van der Waals surface area contributed by atoms with E-state index in [4.69, 9.17) is 0 Å². The van der Waals surface area contributed by atoms with Crippen LogP contribution in [-0.4, -0.2) is 46.1 Å². The summed E-state index contributed by atoms with van der Waals surface area (Å²) in [6.45, 7) is 8.36. The number of carbonyl (C=O) groups excluding carboxylic acids is 1. The number of likely N-dealkylation sites (tertiary alicyclic amines) is 1. The second-order valence-electron chi connectivity index (χ2n) is 12.7. The highest BCUT2D eigenvalue weighted by atomic mass is 19.4. The van der Waals surface area contributed by atoms with E-state index in [9.17, 15) is 42.3 Å². The Hall–Kier alpha value is -4.57. The number of nitriles is 1. The van der Waals surface area contributed by atoms with Crippen LogP contribution in [0.15, 0.2) is 41.3 Å². The molecule has 8 nitrogen and oxygen atoms in total. The average molecular weight is 673 g/mol. The lowest BCUT2D eigenvalue weighted by Crippen LogP contribution is -2.41. The molecule has 4 rings (SSSR count). The van der Waals surface area contributed by atoms with Crippen molar-refractivity contribution in [1.82, 2.24) is 14.8 Å². The summed E-state index contributed by atoms with van der Waals surface area (Å²) in [4.78, 5) is 41.1. The first-order valence-corrected chi connectivity index (χ1v) is 15.6. The van der Waals surface area contributed by atoms with Crippen LogP contribution in [0.3, 0.4) is 0 Å². The number of carboxylic acid groups (broad SMARTS) is 1. The van der Waals surface area contributed by atoms with E-state index in [1.54, 1.807) is 26.8 Å². The van der Waals surface area contributed by atoms with Crippen LogP contribution < -0.4 is 10.9 Å². The summed E-state index contributed by atoms with van der Waals surface area (Å²) in [5.74, 6) is -4.04. The quantitative estimate of drug-likeness (QED) is 0.213. The van der Waals surface area contributed by atoms with Gasteiger partial charge in [0, 0.05) is 24.4 Å². The van der Waals surface area contributed by atoms with Gasteiger partial charge in [0.2, 0.25) is 5.91 Å². The van der Waals surface area contributed by atoms with Crippen LogP contribution in [0.5, 0.6) is 0 Å². The molecular weight excluding hydrogens is 635 g/mol. The van der Waals surface area contributed by atoms with E-state index < -0.39 is 59.3 Å². The monoisotopic (exact) mass is 672 g/mol. The first-order valence-electron chi connectivity index (χ1n) is 15.6. The number of nitrogens with one attached hydrogen (secondary N) is 1. The number of carboxylic acids is 1. The molecule has 2 atom stereocenters. The number of rotatable bonds is 12. The molecule has 256 valence electrons. The molecule has 0 aliphatic carbocycles. The fraction of sp³-hybridized carbons (Fsp3) is 0.429. The summed E-state index contributed by atoms with van der Waals surface area (Å²) in [6.07, 6.45) is -3.58. The number of pyridine rings is 1. The number of carbonyl (C=O) groups is 2. The minimum Gasteiger partial charge on any atom is -0.481 e. The van der Waals surface area contributed by atoms with Gasteiger partial charge in [-0.25, -0.2) is 8.78 Å². The van der Waals surface area contributed by atoms with Crippen LogP contribution in [0, 0.1) is 42.7 Å². The maximum atomic E-state index is 15.7. The van der Waals surface area contributed by atoms with Gasteiger partial charge in [-0.3, -0.25) is 14.4 Å². The van der Waals surface area contributed by atoms with E-state index in [1.807, 2.05) is 4.90 Å². The largest absolute Gasteiger partial charge is 0.481 e. The zero-order chi connectivity index (χ0) is 35.5. The topological polar surface area (TPSA) is 115 Å². The van der Waals surface area contributed by atoms with E-state index >= 15 is 4.39 Å². The number of benzene rings is 2. The van der Waals surface area contributed by atoms with Crippen molar-refractivity contribution in [3.05, 3.63) is 91.9 Å². The summed E-state index contributed by atoms with van der Waals surface area (Å²) in [6, 6.07) is 4.63. The summed E-state index contributed by atoms with van der Waals surface area (Å²) in [7, 11) is 0. The molecule has 0 bridgehead atoms. The molecule has 2 unspecified atom stereocenters. The third-order valence-electron chi connectivity index (χ3n) is 8.55. The molecule has 48 heavy (non-hydrogen) atoms. The SMILES string of the molecule is Cc1cc(F)c(C#N)cc1-c1cc(C)c(F)c(C(CC(=O)O)NC(=O)C(CC(C)C)n2cc(CCN3CCC3)c(C(F)(F)F)cc2=O)c1. The van der Waals surface area contributed by atoms with Gasteiger partial charge in [-0.2, -0.15) is 18.4 Å². The van der Waals surface area contributed by atoms with Crippen molar-refractivity contribution < 1.29 is 36.6 Å². The minimum absolute atomic E-state index is 0.00964. The van der Waals surface area contributed by atoms with Crippen molar-refractivity contribution in [3.8, 4) is 17.2 Å². The van der Waals surface area contributed by atoms with Crippen LogP contribution in [0.4, 0.5) is 22.0 Å². The van der Waals surface area contributed by atoms with Crippen molar-refractivity contribution in [3.63, 3.8) is 0 Å². The van der Waals surface area contributed by atoms with E-state index in [0.717, 1.165) is 36.3 Å². The van der Waals surface area contributed by atoms with Gasteiger partial charge in [-0.05, 0) is 104 Å². The minimum atomic E-state index is -4.80. The van der Waals surface area contributed by atoms with Crippen molar-refractivity contribution in [1.29, 1.82) is 5.26 Å². The predicted molar refractivity (Wildman–Crippen MR) is 168 cm³/mol. The van der Waals surface area contributed by atoms with Gasteiger partial charge < -0.3 is 19.9 Å². The predicted octanol–water partition coefficient (Wildman–Crippen LogP) is 6.47. The molecule has 1 saturated heterocycles.